The second-order valence-electron chi connectivity index (χ2n) is 2.51. The summed E-state index contributed by atoms with van der Waals surface area (Å²) < 4.78 is 0. The van der Waals surface area contributed by atoms with E-state index in [4.69, 9.17) is 11.7 Å². The number of hydrogen-bond acceptors (Lipinski definition) is 5. The van der Waals surface area contributed by atoms with E-state index in [0.29, 0.717) is 11.1 Å². The Morgan fingerprint density at radius 1 is 1.62 bits per heavy atom. The predicted octanol–water partition coefficient (Wildman–Crippen LogP) is -0.386. The molecule has 6 nitrogen and oxygen atoms in total. The molecule has 1 heterocycles. The SMILES string of the molecule is CN(C)/C(=N/N)N(N)c1nccs1. The Bertz CT molecular complexity index is 279. The van der Waals surface area contributed by atoms with Gasteiger partial charge in [-0.05, 0) is 0 Å². The van der Waals surface area contributed by atoms with Crippen LogP contribution in [-0.4, -0.2) is 29.9 Å². The molecule has 0 aromatic carbocycles. The molecule has 0 spiro atoms. The van der Waals surface area contributed by atoms with Crippen LogP contribution < -0.4 is 16.7 Å². The van der Waals surface area contributed by atoms with E-state index in [2.05, 4.69) is 10.1 Å². The fraction of sp³-hybridized carbons (Fsp3) is 0.333. The number of nitrogens with two attached hydrogens (primary N) is 2. The second-order valence-corrected chi connectivity index (χ2v) is 3.38. The maximum atomic E-state index is 5.72. The van der Waals surface area contributed by atoms with Gasteiger partial charge in [0.1, 0.15) is 0 Å². The maximum absolute atomic E-state index is 5.72. The number of hydrazine groups is 1. The first-order valence-corrected chi connectivity index (χ1v) is 4.44. The van der Waals surface area contributed by atoms with E-state index in [9.17, 15) is 0 Å². The molecule has 13 heavy (non-hydrogen) atoms. The molecule has 72 valence electrons. The first-order chi connectivity index (χ1) is 6.16. The molecule has 0 fully saturated rings. The predicted molar refractivity (Wildman–Crippen MR) is 54.1 cm³/mol. The molecule has 7 heteroatoms. The van der Waals surface area contributed by atoms with Crippen molar-refractivity contribution in [1.82, 2.24) is 9.88 Å². The number of rotatable bonds is 1. The van der Waals surface area contributed by atoms with Crippen molar-refractivity contribution >= 4 is 22.4 Å². The van der Waals surface area contributed by atoms with Crippen molar-refractivity contribution < 1.29 is 0 Å². The summed E-state index contributed by atoms with van der Waals surface area (Å²) in [5.74, 6) is 11.4. The number of hydrogen-bond donors (Lipinski definition) is 2. The molecule has 0 amide bonds. The number of anilines is 1. The van der Waals surface area contributed by atoms with Gasteiger partial charge in [-0.3, -0.25) is 0 Å². The van der Waals surface area contributed by atoms with Gasteiger partial charge in [0.15, 0.2) is 0 Å². The molecule has 0 bridgehead atoms. The minimum absolute atomic E-state index is 0.454. The Kier molecular flexibility index (Phi) is 3.04. The fourth-order valence-electron chi connectivity index (χ4n) is 0.814. The molecule has 0 unspecified atom stereocenters. The minimum Gasteiger partial charge on any atom is -0.346 e. The zero-order valence-corrected chi connectivity index (χ0v) is 8.32. The Morgan fingerprint density at radius 3 is 2.69 bits per heavy atom. The number of hydrazone groups is 1. The van der Waals surface area contributed by atoms with Crippen molar-refractivity contribution in [1.29, 1.82) is 0 Å². The first-order valence-electron chi connectivity index (χ1n) is 3.56. The van der Waals surface area contributed by atoms with Gasteiger partial charge in [0.05, 0.1) is 0 Å². The van der Waals surface area contributed by atoms with Gasteiger partial charge in [0.2, 0.25) is 11.1 Å². The molecule has 1 aromatic heterocycles. The normalized spacial score (nSPS) is 11.5. The lowest BCUT2D eigenvalue weighted by atomic mass is 10.7. The van der Waals surface area contributed by atoms with E-state index in [1.807, 2.05) is 5.38 Å². The van der Waals surface area contributed by atoms with E-state index in [-0.39, 0.29) is 0 Å². The van der Waals surface area contributed by atoms with Crippen LogP contribution in [0.2, 0.25) is 0 Å². The molecule has 0 saturated heterocycles. The lowest BCUT2D eigenvalue weighted by Gasteiger charge is -2.22. The van der Waals surface area contributed by atoms with Crippen LogP contribution >= 0.6 is 11.3 Å². The summed E-state index contributed by atoms with van der Waals surface area (Å²) in [4.78, 5) is 5.73. The van der Waals surface area contributed by atoms with Crippen LogP contribution in [0.5, 0.6) is 0 Å². The molecule has 0 aliphatic carbocycles. The third kappa shape index (κ3) is 2.07. The highest BCUT2D eigenvalue weighted by Gasteiger charge is 2.13. The first kappa shape index (κ1) is 9.75. The summed E-state index contributed by atoms with van der Waals surface area (Å²) in [5.41, 5.74) is 0. The van der Waals surface area contributed by atoms with Gasteiger partial charge in [0, 0.05) is 25.7 Å². The van der Waals surface area contributed by atoms with Gasteiger partial charge >= 0.3 is 0 Å². The average molecular weight is 200 g/mol. The highest BCUT2D eigenvalue weighted by molar-refractivity contribution is 7.13. The molecule has 1 aromatic rings. The van der Waals surface area contributed by atoms with Crippen LogP contribution in [0.1, 0.15) is 0 Å². The van der Waals surface area contributed by atoms with E-state index in [0.717, 1.165) is 0 Å². The average Bonchev–Trinajstić information content (AvgIpc) is 2.56. The largest absolute Gasteiger partial charge is 0.346 e. The number of nitrogens with zero attached hydrogens (tertiary/aromatic N) is 4. The van der Waals surface area contributed by atoms with Gasteiger partial charge in [-0.1, -0.05) is 0 Å². The van der Waals surface area contributed by atoms with Crippen LogP contribution in [0.25, 0.3) is 0 Å². The summed E-state index contributed by atoms with van der Waals surface area (Å²) in [6.45, 7) is 0. The van der Waals surface area contributed by atoms with Crippen molar-refractivity contribution in [2.24, 2.45) is 16.8 Å². The van der Waals surface area contributed by atoms with E-state index in [1.54, 1.807) is 25.2 Å². The quantitative estimate of drug-likeness (QED) is 0.279. The maximum Gasteiger partial charge on any atom is 0.239 e. The molecule has 0 radical (unpaired) electrons. The van der Waals surface area contributed by atoms with Crippen molar-refractivity contribution in [3.63, 3.8) is 0 Å². The van der Waals surface area contributed by atoms with Gasteiger partial charge in [-0.25, -0.2) is 15.8 Å². The third-order valence-electron chi connectivity index (χ3n) is 1.36. The lowest BCUT2D eigenvalue weighted by molar-refractivity contribution is 0.600. The molecule has 0 aliphatic heterocycles. The van der Waals surface area contributed by atoms with E-state index >= 15 is 0 Å². The summed E-state index contributed by atoms with van der Waals surface area (Å²) in [7, 11) is 3.61. The number of aromatic nitrogens is 1. The summed E-state index contributed by atoms with van der Waals surface area (Å²) >= 11 is 1.42. The lowest BCUT2D eigenvalue weighted by Crippen LogP contribution is -2.46. The number of guanidine groups is 1. The molecule has 0 aliphatic rings. The zero-order valence-electron chi connectivity index (χ0n) is 7.51. The molecule has 0 saturated carbocycles. The number of thiazole rings is 1. The van der Waals surface area contributed by atoms with Crippen LogP contribution in [0.3, 0.4) is 0 Å². The Balaban J connectivity index is 2.83. The molecule has 1 rings (SSSR count). The van der Waals surface area contributed by atoms with Crippen LogP contribution in [0.4, 0.5) is 5.13 Å². The summed E-state index contributed by atoms with van der Waals surface area (Å²) in [6.07, 6.45) is 1.67. The van der Waals surface area contributed by atoms with E-state index < -0.39 is 0 Å². The third-order valence-corrected chi connectivity index (χ3v) is 2.13. The van der Waals surface area contributed by atoms with E-state index in [1.165, 1.54) is 16.3 Å². The topological polar surface area (TPSA) is 83.8 Å². The van der Waals surface area contributed by atoms with Gasteiger partial charge in [0.25, 0.3) is 0 Å². The molecular formula is C6H12N6S. The molecule has 0 atom stereocenters. The highest BCUT2D eigenvalue weighted by atomic mass is 32.1. The summed E-state index contributed by atoms with van der Waals surface area (Å²) in [5, 5.41) is 7.37. The van der Waals surface area contributed by atoms with Gasteiger partial charge in [-0.15, -0.1) is 16.4 Å². The van der Waals surface area contributed by atoms with Gasteiger partial charge < -0.3 is 10.7 Å². The molecular weight excluding hydrogens is 188 g/mol. The standard InChI is InChI=1S/C6H12N6S/c1-11(2)5(10-7)12(8)6-9-3-4-13-6/h3-4H,7-8H2,1-2H3/b10-5-. The van der Waals surface area contributed by atoms with Crippen molar-refractivity contribution in [2.75, 3.05) is 19.1 Å². The van der Waals surface area contributed by atoms with Crippen LogP contribution in [0, 0.1) is 0 Å². The van der Waals surface area contributed by atoms with Crippen LogP contribution in [0.15, 0.2) is 16.7 Å². The van der Waals surface area contributed by atoms with Crippen molar-refractivity contribution in [3.8, 4) is 0 Å². The second kappa shape index (κ2) is 4.06. The van der Waals surface area contributed by atoms with Crippen LogP contribution in [-0.2, 0) is 0 Å². The smallest absolute Gasteiger partial charge is 0.239 e. The fourth-order valence-corrected chi connectivity index (χ4v) is 1.37. The van der Waals surface area contributed by atoms with Gasteiger partial charge in [-0.2, -0.15) is 0 Å². The van der Waals surface area contributed by atoms with Crippen molar-refractivity contribution in [3.05, 3.63) is 11.6 Å². The zero-order chi connectivity index (χ0) is 9.84. The molecule has 4 N–H and O–H groups in total. The minimum atomic E-state index is 0.454. The monoisotopic (exact) mass is 200 g/mol. The highest BCUT2D eigenvalue weighted by Crippen LogP contribution is 2.14. The van der Waals surface area contributed by atoms with Crippen molar-refractivity contribution in [2.45, 2.75) is 0 Å². The summed E-state index contributed by atoms with van der Waals surface area (Å²) in [6, 6.07) is 0. The Hall–Kier alpha value is -1.34. The Morgan fingerprint density at radius 2 is 2.31 bits per heavy atom. The Labute approximate surface area is 80.4 Å².